The van der Waals surface area contributed by atoms with Gasteiger partial charge in [0.15, 0.2) is 5.96 Å². The van der Waals surface area contributed by atoms with Crippen LogP contribution in [-0.4, -0.2) is 24.6 Å². The molecule has 2 saturated carbocycles. The molecule has 2 fully saturated rings. The Labute approximate surface area is 145 Å². The summed E-state index contributed by atoms with van der Waals surface area (Å²) in [5.74, 6) is 0.990. The normalized spacial score (nSPS) is 19.9. The highest BCUT2D eigenvalue weighted by atomic mass is 127. The Bertz CT molecular complexity index is 470. The summed E-state index contributed by atoms with van der Waals surface area (Å²) in [4.78, 5) is 4.85. The minimum Gasteiger partial charge on any atom is -0.354 e. The number of hydrogen-bond donors (Lipinski definition) is 2. The monoisotopic (exact) mass is 399 g/mol. The largest absolute Gasteiger partial charge is 0.354 e. The van der Waals surface area contributed by atoms with Crippen LogP contribution in [0.4, 0.5) is 0 Å². The van der Waals surface area contributed by atoms with Gasteiger partial charge < -0.3 is 10.6 Å². The summed E-state index contributed by atoms with van der Waals surface area (Å²) in [7, 11) is 0. The van der Waals surface area contributed by atoms with Crippen molar-refractivity contribution in [3.05, 3.63) is 35.9 Å². The molecule has 2 aliphatic carbocycles. The van der Waals surface area contributed by atoms with Crippen LogP contribution in [0.2, 0.25) is 0 Å². The van der Waals surface area contributed by atoms with Crippen molar-refractivity contribution in [2.24, 2.45) is 4.99 Å². The molecule has 0 bridgehead atoms. The fourth-order valence-corrected chi connectivity index (χ4v) is 2.54. The van der Waals surface area contributed by atoms with Gasteiger partial charge >= 0.3 is 0 Å². The molecule has 0 atom stereocenters. The molecule has 0 spiro atoms. The van der Waals surface area contributed by atoms with E-state index in [1.807, 2.05) is 0 Å². The van der Waals surface area contributed by atoms with Crippen molar-refractivity contribution in [1.29, 1.82) is 0 Å². The van der Waals surface area contributed by atoms with Gasteiger partial charge in [-0.2, -0.15) is 0 Å². The summed E-state index contributed by atoms with van der Waals surface area (Å²) < 4.78 is 0. The van der Waals surface area contributed by atoms with Crippen molar-refractivity contribution >= 4 is 29.9 Å². The summed E-state index contributed by atoms with van der Waals surface area (Å²) in [5.41, 5.74) is 1.75. The summed E-state index contributed by atoms with van der Waals surface area (Å²) in [6, 6.07) is 11.9. The third kappa shape index (κ3) is 4.59. The summed E-state index contributed by atoms with van der Waals surface area (Å²) in [6.45, 7) is 5.22. The molecule has 0 aromatic heterocycles. The summed E-state index contributed by atoms with van der Waals surface area (Å²) in [5, 5.41) is 6.95. The quantitative estimate of drug-likeness (QED) is 0.452. The number of hydrogen-bond acceptors (Lipinski definition) is 1. The first kappa shape index (κ1) is 16.6. The molecule has 4 heteroatoms. The molecule has 2 N–H and O–H groups in total. The third-order valence-corrected chi connectivity index (χ3v) is 4.12. The highest BCUT2D eigenvalue weighted by Gasteiger charge is 2.44. The van der Waals surface area contributed by atoms with E-state index in [1.165, 1.54) is 31.2 Å². The van der Waals surface area contributed by atoms with Crippen molar-refractivity contribution in [2.75, 3.05) is 6.54 Å². The van der Waals surface area contributed by atoms with Crippen LogP contribution in [0.5, 0.6) is 0 Å². The van der Waals surface area contributed by atoms with E-state index in [1.54, 1.807) is 0 Å². The van der Waals surface area contributed by atoms with Gasteiger partial charge in [-0.25, -0.2) is 0 Å². The maximum atomic E-state index is 4.85. The average Bonchev–Trinajstić information content (AvgIpc) is 3.33. The zero-order valence-electron chi connectivity index (χ0n) is 12.9. The SMILES string of the molecule is CC(C)NC(=NCC1(c2ccccc2)CC1)NC1CC1.I. The van der Waals surface area contributed by atoms with Gasteiger partial charge in [0, 0.05) is 17.5 Å². The molecule has 0 aliphatic heterocycles. The lowest BCUT2D eigenvalue weighted by Crippen LogP contribution is -2.42. The first-order chi connectivity index (χ1) is 9.68. The topological polar surface area (TPSA) is 36.4 Å². The number of rotatable bonds is 5. The number of nitrogens with zero attached hydrogens (tertiary/aromatic N) is 1. The van der Waals surface area contributed by atoms with Crippen molar-refractivity contribution in [1.82, 2.24) is 10.6 Å². The molecule has 116 valence electrons. The van der Waals surface area contributed by atoms with Crippen LogP contribution in [0.25, 0.3) is 0 Å². The Balaban J connectivity index is 0.00000161. The van der Waals surface area contributed by atoms with Crippen LogP contribution >= 0.6 is 24.0 Å². The molecule has 0 unspecified atom stereocenters. The summed E-state index contributed by atoms with van der Waals surface area (Å²) in [6.07, 6.45) is 5.09. The van der Waals surface area contributed by atoms with Gasteiger partial charge in [0.25, 0.3) is 0 Å². The van der Waals surface area contributed by atoms with Crippen molar-refractivity contribution in [3.8, 4) is 0 Å². The minimum absolute atomic E-state index is 0. The average molecular weight is 399 g/mol. The molecule has 2 aliphatic rings. The van der Waals surface area contributed by atoms with Gasteiger partial charge in [-0.1, -0.05) is 30.3 Å². The second kappa shape index (κ2) is 6.99. The predicted molar refractivity (Wildman–Crippen MR) is 99.5 cm³/mol. The Hall–Kier alpha value is -0.780. The Morgan fingerprint density at radius 2 is 1.90 bits per heavy atom. The third-order valence-electron chi connectivity index (χ3n) is 4.12. The van der Waals surface area contributed by atoms with E-state index < -0.39 is 0 Å². The number of guanidine groups is 1. The van der Waals surface area contributed by atoms with Crippen LogP contribution < -0.4 is 10.6 Å². The van der Waals surface area contributed by atoms with Gasteiger partial charge in [-0.3, -0.25) is 4.99 Å². The smallest absolute Gasteiger partial charge is 0.191 e. The molecule has 21 heavy (non-hydrogen) atoms. The van der Waals surface area contributed by atoms with Gasteiger partial charge in [0.1, 0.15) is 0 Å². The molecule has 1 aromatic rings. The molecular formula is C17H26IN3. The Morgan fingerprint density at radius 3 is 2.43 bits per heavy atom. The molecule has 0 heterocycles. The van der Waals surface area contributed by atoms with Crippen LogP contribution in [0.3, 0.4) is 0 Å². The van der Waals surface area contributed by atoms with Crippen LogP contribution in [0, 0.1) is 0 Å². The van der Waals surface area contributed by atoms with Crippen molar-refractivity contribution in [2.45, 2.75) is 57.0 Å². The highest BCUT2D eigenvalue weighted by Crippen LogP contribution is 2.48. The van der Waals surface area contributed by atoms with E-state index in [-0.39, 0.29) is 24.0 Å². The van der Waals surface area contributed by atoms with Gasteiger partial charge in [0.2, 0.25) is 0 Å². The second-order valence-electron chi connectivity index (χ2n) is 6.53. The predicted octanol–water partition coefficient (Wildman–Crippen LogP) is 3.44. The van der Waals surface area contributed by atoms with E-state index in [9.17, 15) is 0 Å². The molecular weight excluding hydrogens is 373 g/mol. The first-order valence-electron chi connectivity index (χ1n) is 7.81. The van der Waals surface area contributed by atoms with E-state index in [0.29, 0.717) is 17.5 Å². The van der Waals surface area contributed by atoms with Gasteiger partial charge in [-0.05, 0) is 45.1 Å². The Kier molecular flexibility index (Phi) is 5.52. The molecule has 3 rings (SSSR count). The van der Waals surface area contributed by atoms with Crippen molar-refractivity contribution < 1.29 is 0 Å². The van der Waals surface area contributed by atoms with E-state index >= 15 is 0 Å². The first-order valence-corrected chi connectivity index (χ1v) is 7.81. The van der Waals surface area contributed by atoms with Crippen LogP contribution in [-0.2, 0) is 5.41 Å². The number of aliphatic imine (C=N–C) groups is 1. The number of benzene rings is 1. The molecule has 1 aromatic carbocycles. The lowest BCUT2D eigenvalue weighted by atomic mass is 9.96. The molecule has 3 nitrogen and oxygen atoms in total. The lowest BCUT2D eigenvalue weighted by molar-refractivity contribution is 0.665. The highest BCUT2D eigenvalue weighted by molar-refractivity contribution is 14.0. The van der Waals surface area contributed by atoms with E-state index in [2.05, 4.69) is 54.8 Å². The fourth-order valence-electron chi connectivity index (χ4n) is 2.54. The lowest BCUT2D eigenvalue weighted by Gasteiger charge is -2.17. The Morgan fingerprint density at radius 1 is 1.24 bits per heavy atom. The van der Waals surface area contributed by atoms with Crippen molar-refractivity contribution in [3.63, 3.8) is 0 Å². The van der Waals surface area contributed by atoms with Gasteiger partial charge in [-0.15, -0.1) is 24.0 Å². The molecule has 0 amide bonds. The maximum Gasteiger partial charge on any atom is 0.191 e. The zero-order valence-corrected chi connectivity index (χ0v) is 15.3. The van der Waals surface area contributed by atoms with E-state index in [4.69, 9.17) is 4.99 Å². The van der Waals surface area contributed by atoms with Gasteiger partial charge in [0.05, 0.1) is 6.54 Å². The number of halogens is 1. The van der Waals surface area contributed by atoms with E-state index in [0.717, 1.165) is 12.5 Å². The minimum atomic E-state index is 0. The molecule has 0 saturated heterocycles. The van der Waals surface area contributed by atoms with Crippen LogP contribution in [0.1, 0.15) is 45.1 Å². The molecule has 0 radical (unpaired) electrons. The fraction of sp³-hybridized carbons (Fsp3) is 0.588. The second-order valence-corrected chi connectivity index (χ2v) is 6.53. The zero-order chi connectivity index (χ0) is 14.0. The van der Waals surface area contributed by atoms with Crippen LogP contribution in [0.15, 0.2) is 35.3 Å². The number of nitrogens with one attached hydrogen (secondary N) is 2. The maximum absolute atomic E-state index is 4.85. The standard InChI is InChI=1S/C17H25N3.HI/c1-13(2)19-16(20-15-8-9-15)18-12-17(10-11-17)14-6-4-3-5-7-14;/h3-7,13,15H,8-12H2,1-2H3,(H2,18,19,20);1H. The summed E-state index contributed by atoms with van der Waals surface area (Å²) >= 11 is 0.